The molecule has 1 N–H and O–H groups in total. The van der Waals surface area contributed by atoms with Gasteiger partial charge in [-0.1, -0.05) is 32.0 Å². The highest BCUT2D eigenvalue weighted by Crippen LogP contribution is 2.14. The number of hydrogen-bond donors (Lipinski definition) is 1. The Bertz CT molecular complexity index is 564. The smallest absolute Gasteiger partial charge is 0.127 e. The second-order valence-electron chi connectivity index (χ2n) is 5.29. The van der Waals surface area contributed by atoms with Crippen molar-refractivity contribution in [3.05, 3.63) is 64.7 Å². The molecule has 1 aromatic heterocycles. The zero-order valence-electron chi connectivity index (χ0n) is 12.8. The summed E-state index contributed by atoms with van der Waals surface area (Å²) in [5, 5.41) is 3.22. The van der Waals surface area contributed by atoms with E-state index >= 15 is 0 Å². The van der Waals surface area contributed by atoms with Gasteiger partial charge in [-0.3, -0.25) is 4.98 Å². The van der Waals surface area contributed by atoms with Gasteiger partial charge in [0.1, 0.15) is 5.82 Å². The molecule has 21 heavy (non-hydrogen) atoms. The van der Waals surface area contributed by atoms with Crippen molar-refractivity contribution < 1.29 is 4.39 Å². The van der Waals surface area contributed by atoms with Crippen LogP contribution in [0.2, 0.25) is 0 Å². The van der Waals surface area contributed by atoms with Crippen molar-refractivity contribution in [3.63, 3.8) is 0 Å². The maximum Gasteiger partial charge on any atom is 0.127 e. The Labute approximate surface area is 126 Å². The van der Waals surface area contributed by atoms with Crippen LogP contribution in [0.15, 0.2) is 36.5 Å². The van der Waals surface area contributed by atoms with Crippen molar-refractivity contribution in [1.29, 1.82) is 0 Å². The zero-order chi connectivity index (χ0) is 15.1. The third-order valence-electron chi connectivity index (χ3n) is 3.54. The third-order valence-corrected chi connectivity index (χ3v) is 3.54. The summed E-state index contributed by atoms with van der Waals surface area (Å²) in [6.07, 6.45) is 4.61. The van der Waals surface area contributed by atoms with Crippen LogP contribution in [-0.4, -0.2) is 11.5 Å². The van der Waals surface area contributed by atoms with E-state index in [9.17, 15) is 4.39 Å². The molecule has 3 heteroatoms. The van der Waals surface area contributed by atoms with E-state index in [2.05, 4.69) is 30.2 Å². The van der Waals surface area contributed by atoms with Crippen LogP contribution in [0.3, 0.4) is 0 Å². The molecule has 0 amide bonds. The van der Waals surface area contributed by atoms with Gasteiger partial charge in [0, 0.05) is 30.4 Å². The molecule has 0 aliphatic heterocycles. The first-order valence-electron chi connectivity index (χ1n) is 7.64. The molecule has 1 heterocycles. The zero-order valence-corrected chi connectivity index (χ0v) is 12.8. The van der Waals surface area contributed by atoms with Crippen LogP contribution >= 0.6 is 0 Å². The van der Waals surface area contributed by atoms with Crippen molar-refractivity contribution in [1.82, 2.24) is 10.3 Å². The summed E-state index contributed by atoms with van der Waals surface area (Å²) in [5.74, 6) is -0.138. The molecule has 0 aliphatic carbocycles. The Hall–Kier alpha value is -1.74. The summed E-state index contributed by atoms with van der Waals surface area (Å²) >= 11 is 0. The minimum Gasteiger partial charge on any atom is -0.313 e. The first-order valence-corrected chi connectivity index (χ1v) is 7.64. The van der Waals surface area contributed by atoms with Gasteiger partial charge < -0.3 is 5.32 Å². The van der Waals surface area contributed by atoms with E-state index in [0.717, 1.165) is 36.2 Å². The van der Waals surface area contributed by atoms with Crippen LogP contribution in [0.4, 0.5) is 4.39 Å². The monoisotopic (exact) mass is 286 g/mol. The molecule has 0 spiro atoms. The van der Waals surface area contributed by atoms with E-state index in [1.54, 1.807) is 6.07 Å². The predicted molar refractivity (Wildman–Crippen MR) is 84.8 cm³/mol. The van der Waals surface area contributed by atoms with E-state index in [4.69, 9.17) is 0 Å². The van der Waals surface area contributed by atoms with Gasteiger partial charge in [0.15, 0.2) is 0 Å². The summed E-state index contributed by atoms with van der Waals surface area (Å²) in [6.45, 7) is 5.71. The topological polar surface area (TPSA) is 24.9 Å². The van der Waals surface area contributed by atoms with Crippen LogP contribution < -0.4 is 5.32 Å². The lowest BCUT2D eigenvalue weighted by Crippen LogP contribution is -2.14. The first kappa shape index (κ1) is 15.6. The van der Waals surface area contributed by atoms with Crippen molar-refractivity contribution >= 4 is 0 Å². The Morgan fingerprint density at radius 3 is 2.52 bits per heavy atom. The number of benzene rings is 1. The number of aromatic nitrogens is 1. The van der Waals surface area contributed by atoms with E-state index in [1.807, 2.05) is 24.4 Å². The van der Waals surface area contributed by atoms with Gasteiger partial charge in [-0.25, -0.2) is 4.39 Å². The van der Waals surface area contributed by atoms with Crippen LogP contribution in [-0.2, 0) is 19.4 Å². The predicted octanol–water partition coefficient (Wildman–Crippen LogP) is 3.87. The number of nitrogens with one attached hydrogen (secondary N) is 1. The number of aryl methyl sites for hydroxylation is 1. The van der Waals surface area contributed by atoms with E-state index in [1.165, 1.54) is 5.56 Å². The number of rotatable bonds is 7. The second-order valence-corrected chi connectivity index (χ2v) is 5.29. The van der Waals surface area contributed by atoms with Gasteiger partial charge in [-0.05, 0) is 42.6 Å². The summed E-state index contributed by atoms with van der Waals surface area (Å²) < 4.78 is 14.0. The maximum atomic E-state index is 14.0. The van der Waals surface area contributed by atoms with E-state index in [-0.39, 0.29) is 5.82 Å². The molecule has 0 fully saturated rings. The standard InChI is InChI=1S/C18H23FN2/c1-3-9-20-13-16-7-5-15(11-18(16)19)10-17-8-6-14(4-2)12-21-17/h5-8,11-12,20H,3-4,9-10,13H2,1-2H3. The Kier molecular flexibility index (Phi) is 5.88. The Morgan fingerprint density at radius 1 is 1.10 bits per heavy atom. The molecule has 0 radical (unpaired) electrons. The molecule has 0 aliphatic rings. The van der Waals surface area contributed by atoms with Gasteiger partial charge in [0.25, 0.3) is 0 Å². The second kappa shape index (κ2) is 7.89. The SMILES string of the molecule is CCCNCc1ccc(Cc2ccc(CC)cn2)cc1F. The van der Waals surface area contributed by atoms with Gasteiger partial charge in [0.05, 0.1) is 0 Å². The highest BCUT2D eigenvalue weighted by molar-refractivity contribution is 5.28. The molecular formula is C18H23FN2. The minimum atomic E-state index is -0.138. The summed E-state index contributed by atoms with van der Waals surface area (Å²) in [7, 11) is 0. The number of pyridine rings is 1. The lowest BCUT2D eigenvalue weighted by atomic mass is 10.1. The molecule has 0 bridgehead atoms. The molecule has 0 saturated carbocycles. The summed E-state index contributed by atoms with van der Waals surface area (Å²) in [5.41, 5.74) is 3.88. The number of halogens is 1. The van der Waals surface area contributed by atoms with Crippen LogP contribution in [0, 0.1) is 5.82 Å². The van der Waals surface area contributed by atoms with Gasteiger partial charge >= 0.3 is 0 Å². The fourth-order valence-electron chi connectivity index (χ4n) is 2.22. The quantitative estimate of drug-likeness (QED) is 0.781. The molecule has 1 aromatic carbocycles. The van der Waals surface area contributed by atoms with E-state index in [0.29, 0.717) is 13.0 Å². The summed E-state index contributed by atoms with van der Waals surface area (Å²) in [6, 6.07) is 9.59. The third kappa shape index (κ3) is 4.64. The normalized spacial score (nSPS) is 10.8. The van der Waals surface area contributed by atoms with Crippen LogP contribution in [0.25, 0.3) is 0 Å². The Morgan fingerprint density at radius 2 is 1.90 bits per heavy atom. The Balaban J connectivity index is 2.01. The molecule has 0 unspecified atom stereocenters. The van der Waals surface area contributed by atoms with E-state index < -0.39 is 0 Å². The fraction of sp³-hybridized carbons (Fsp3) is 0.389. The molecule has 112 valence electrons. The molecular weight excluding hydrogens is 263 g/mol. The molecule has 2 aromatic rings. The summed E-state index contributed by atoms with van der Waals surface area (Å²) in [4.78, 5) is 4.42. The van der Waals surface area contributed by atoms with Crippen molar-refractivity contribution in [2.75, 3.05) is 6.54 Å². The molecule has 2 nitrogen and oxygen atoms in total. The number of nitrogens with zero attached hydrogens (tertiary/aromatic N) is 1. The molecule has 2 rings (SSSR count). The van der Waals surface area contributed by atoms with Gasteiger partial charge in [-0.2, -0.15) is 0 Å². The van der Waals surface area contributed by atoms with Crippen LogP contribution in [0.5, 0.6) is 0 Å². The highest BCUT2D eigenvalue weighted by atomic mass is 19.1. The van der Waals surface area contributed by atoms with Gasteiger partial charge in [0.2, 0.25) is 0 Å². The highest BCUT2D eigenvalue weighted by Gasteiger charge is 2.05. The number of hydrogen-bond acceptors (Lipinski definition) is 2. The van der Waals surface area contributed by atoms with Crippen molar-refractivity contribution in [2.24, 2.45) is 0 Å². The maximum absolute atomic E-state index is 14.0. The van der Waals surface area contributed by atoms with Crippen LogP contribution in [0.1, 0.15) is 42.7 Å². The average Bonchev–Trinajstić information content (AvgIpc) is 2.50. The lowest BCUT2D eigenvalue weighted by molar-refractivity contribution is 0.585. The first-order chi connectivity index (χ1) is 10.2. The fourth-order valence-corrected chi connectivity index (χ4v) is 2.22. The van der Waals surface area contributed by atoms with Gasteiger partial charge in [-0.15, -0.1) is 0 Å². The van der Waals surface area contributed by atoms with Crippen molar-refractivity contribution in [3.8, 4) is 0 Å². The average molecular weight is 286 g/mol. The lowest BCUT2D eigenvalue weighted by Gasteiger charge is -2.07. The van der Waals surface area contributed by atoms with Crippen molar-refractivity contribution in [2.45, 2.75) is 39.7 Å². The largest absolute Gasteiger partial charge is 0.313 e. The molecule has 0 saturated heterocycles. The molecule has 0 atom stereocenters. The minimum absolute atomic E-state index is 0.138.